The predicted octanol–water partition coefficient (Wildman–Crippen LogP) is 3.49. The van der Waals surface area contributed by atoms with E-state index in [-0.39, 0.29) is 5.91 Å². The number of benzene rings is 1. The highest BCUT2D eigenvalue weighted by molar-refractivity contribution is 7.88. The molecule has 1 aliphatic heterocycles. The zero-order valence-electron chi connectivity index (χ0n) is 16.1. The Morgan fingerprint density at radius 3 is 2.52 bits per heavy atom. The van der Waals surface area contributed by atoms with Crippen LogP contribution in [-0.2, 0) is 14.8 Å². The number of rotatable bonds is 4. The monoisotopic (exact) mass is 407 g/mol. The van der Waals surface area contributed by atoms with E-state index in [1.54, 1.807) is 0 Å². The van der Waals surface area contributed by atoms with Crippen LogP contribution in [0, 0.1) is 20.8 Å². The highest BCUT2D eigenvalue weighted by Crippen LogP contribution is 2.31. The van der Waals surface area contributed by atoms with Gasteiger partial charge in [0.15, 0.2) is 5.13 Å². The van der Waals surface area contributed by atoms with Gasteiger partial charge >= 0.3 is 0 Å². The molecule has 1 unspecified atom stereocenters. The van der Waals surface area contributed by atoms with E-state index in [4.69, 9.17) is 0 Å². The highest BCUT2D eigenvalue weighted by Gasteiger charge is 2.34. The third kappa shape index (κ3) is 4.39. The minimum Gasteiger partial charge on any atom is -0.301 e. The lowest BCUT2D eigenvalue weighted by molar-refractivity contribution is -0.120. The van der Waals surface area contributed by atoms with Crippen molar-refractivity contribution in [3.8, 4) is 11.3 Å². The quantitative estimate of drug-likeness (QED) is 0.841. The molecule has 0 aliphatic carbocycles. The van der Waals surface area contributed by atoms with Crippen molar-refractivity contribution in [3.05, 3.63) is 34.2 Å². The summed E-state index contributed by atoms with van der Waals surface area (Å²) in [6.45, 7) is 6.56. The third-order valence-corrected chi connectivity index (χ3v) is 6.90. The fraction of sp³-hybridized carbons (Fsp3) is 0.474. The van der Waals surface area contributed by atoms with Gasteiger partial charge in [-0.05, 0) is 44.7 Å². The van der Waals surface area contributed by atoms with Gasteiger partial charge in [0.2, 0.25) is 15.9 Å². The second-order valence-corrected chi connectivity index (χ2v) is 9.98. The Hall–Kier alpha value is -1.77. The van der Waals surface area contributed by atoms with Crippen molar-refractivity contribution < 1.29 is 13.2 Å². The van der Waals surface area contributed by atoms with E-state index < -0.39 is 16.1 Å². The summed E-state index contributed by atoms with van der Waals surface area (Å²) >= 11 is 1.36. The molecule has 0 saturated carbocycles. The van der Waals surface area contributed by atoms with Crippen LogP contribution in [0.2, 0.25) is 0 Å². The van der Waals surface area contributed by atoms with E-state index in [2.05, 4.69) is 43.2 Å². The minimum absolute atomic E-state index is 0.307. The summed E-state index contributed by atoms with van der Waals surface area (Å²) in [6.07, 6.45) is 3.32. The average Bonchev–Trinajstić information content (AvgIpc) is 3.01. The maximum atomic E-state index is 12.7. The van der Waals surface area contributed by atoms with Gasteiger partial charge in [0.05, 0.1) is 11.9 Å². The lowest BCUT2D eigenvalue weighted by atomic mass is 9.98. The molecule has 1 amide bonds. The first-order valence-corrected chi connectivity index (χ1v) is 11.7. The molecule has 1 fully saturated rings. The van der Waals surface area contributed by atoms with Gasteiger partial charge in [-0.15, -0.1) is 11.3 Å². The van der Waals surface area contributed by atoms with E-state index in [1.807, 2.05) is 5.38 Å². The topological polar surface area (TPSA) is 79.4 Å². The first-order chi connectivity index (χ1) is 12.7. The Balaban J connectivity index is 1.81. The molecule has 146 valence electrons. The fourth-order valence-corrected chi connectivity index (χ4v) is 5.61. The Morgan fingerprint density at radius 2 is 1.89 bits per heavy atom. The molecule has 1 aromatic heterocycles. The number of hydrogen-bond acceptors (Lipinski definition) is 5. The molecule has 1 aromatic carbocycles. The first-order valence-electron chi connectivity index (χ1n) is 8.98. The largest absolute Gasteiger partial charge is 0.301 e. The average molecular weight is 408 g/mol. The summed E-state index contributed by atoms with van der Waals surface area (Å²) < 4.78 is 25.3. The molecule has 27 heavy (non-hydrogen) atoms. The molecule has 1 saturated heterocycles. The smallest absolute Gasteiger partial charge is 0.244 e. The van der Waals surface area contributed by atoms with Gasteiger partial charge in [0, 0.05) is 17.5 Å². The molecule has 0 bridgehead atoms. The molecule has 2 heterocycles. The number of nitrogens with zero attached hydrogens (tertiary/aromatic N) is 2. The molecule has 3 rings (SSSR count). The number of carbonyl (C=O) groups excluding carboxylic acids is 1. The zero-order valence-corrected chi connectivity index (χ0v) is 17.7. The van der Waals surface area contributed by atoms with Crippen LogP contribution in [0.25, 0.3) is 11.3 Å². The van der Waals surface area contributed by atoms with Gasteiger partial charge in [-0.1, -0.05) is 24.1 Å². The number of carbonyl (C=O) groups is 1. The number of nitrogens with one attached hydrogen (secondary N) is 1. The van der Waals surface area contributed by atoms with Gasteiger partial charge in [0.1, 0.15) is 6.04 Å². The molecule has 0 radical (unpaired) electrons. The van der Waals surface area contributed by atoms with Crippen LogP contribution in [0.3, 0.4) is 0 Å². The van der Waals surface area contributed by atoms with Crippen LogP contribution in [0.5, 0.6) is 0 Å². The van der Waals surface area contributed by atoms with Crippen molar-refractivity contribution in [1.82, 2.24) is 9.29 Å². The summed E-state index contributed by atoms with van der Waals surface area (Å²) in [5.74, 6) is -0.307. The summed E-state index contributed by atoms with van der Waals surface area (Å²) in [5.41, 5.74) is 5.40. The predicted molar refractivity (Wildman–Crippen MR) is 110 cm³/mol. The van der Waals surface area contributed by atoms with Crippen molar-refractivity contribution in [2.75, 3.05) is 18.1 Å². The Bertz CT molecular complexity index is 943. The van der Waals surface area contributed by atoms with Gasteiger partial charge < -0.3 is 5.32 Å². The highest BCUT2D eigenvalue weighted by atomic mass is 32.2. The van der Waals surface area contributed by atoms with Crippen LogP contribution in [0.15, 0.2) is 17.5 Å². The number of thiazole rings is 1. The molecule has 1 atom stereocenters. The van der Waals surface area contributed by atoms with Crippen molar-refractivity contribution in [2.24, 2.45) is 0 Å². The second kappa shape index (κ2) is 7.69. The number of sulfonamides is 1. The molecule has 0 spiro atoms. The Morgan fingerprint density at radius 1 is 1.22 bits per heavy atom. The maximum Gasteiger partial charge on any atom is 0.244 e. The standard InChI is InChI=1S/C19H25N3O3S2/c1-12-9-13(2)17(14(3)10-12)15-11-26-19(20-15)21-18(23)16-7-5-6-8-22(16)27(4,24)25/h9-11,16H,5-8H2,1-4H3,(H,20,21,23). The lowest BCUT2D eigenvalue weighted by Gasteiger charge is -2.32. The molecule has 6 nitrogen and oxygen atoms in total. The van der Waals surface area contributed by atoms with Crippen LogP contribution in [-0.4, -0.2) is 42.5 Å². The maximum absolute atomic E-state index is 12.7. The number of anilines is 1. The van der Waals surface area contributed by atoms with Crippen molar-refractivity contribution >= 4 is 32.4 Å². The number of amides is 1. The van der Waals surface area contributed by atoms with Gasteiger partial charge in [-0.2, -0.15) is 4.31 Å². The minimum atomic E-state index is -3.41. The molecule has 8 heteroatoms. The van der Waals surface area contributed by atoms with Crippen LogP contribution in [0.1, 0.15) is 36.0 Å². The molecular formula is C19H25N3O3S2. The molecule has 1 aliphatic rings. The molecular weight excluding hydrogens is 382 g/mol. The van der Waals surface area contributed by atoms with E-state index in [9.17, 15) is 13.2 Å². The number of aromatic nitrogens is 1. The van der Waals surface area contributed by atoms with Crippen molar-refractivity contribution in [3.63, 3.8) is 0 Å². The SMILES string of the molecule is Cc1cc(C)c(-c2csc(NC(=O)C3CCCCN3S(C)(=O)=O)n2)c(C)c1. The summed E-state index contributed by atoms with van der Waals surface area (Å²) in [4.78, 5) is 17.3. The molecule has 2 aromatic rings. The zero-order chi connectivity index (χ0) is 19.8. The summed E-state index contributed by atoms with van der Waals surface area (Å²) in [6, 6.07) is 3.57. The van der Waals surface area contributed by atoms with Crippen molar-refractivity contribution in [2.45, 2.75) is 46.1 Å². The fourth-order valence-electron chi connectivity index (χ4n) is 3.78. The van der Waals surface area contributed by atoms with Crippen LogP contribution < -0.4 is 5.32 Å². The normalized spacial score (nSPS) is 18.4. The van der Waals surface area contributed by atoms with Gasteiger partial charge in [0.25, 0.3) is 0 Å². The van der Waals surface area contributed by atoms with Crippen LogP contribution >= 0.6 is 11.3 Å². The van der Waals surface area contributed by atoms with E-state index in [0.717, 1.165) is 41.5 Å². The van der Waals surface area contributed by atoms with Crippen LogP contribution in [0.4, 0.5) is 5.13 Å². The Kier molecular flexibility index (Phi) is 5.69. The first kappa shape index (κ1) is 20.0. The second-order valence-electron chi connectivity index (χ2n) is 7.19. The number of piperidine rings is 1. The van der Waals surface area contributed by atoms with E-state index in [1.165, 1.54) is 21.2 Å². The van der Waals surface area contributed by atoms with Gasteiger partial charge in [-0.3, -0.25) is 4.79 Å². The van der Waals surface area contributed by atoms with E-state index >= 15 is 0 Å². The Labute approximate surface area is 164 Å². The van der Waals surface area contributed by atoms with Gasteiger partial charge in [-0.25, -0.2) is 13.4 Å². The number of hydrogen-bond donors (Lipinski definition) is 1. The summed E-state index contributed by atoms with van der Waals surface area (Å²) in [5, 5.41) is 5.24. The number of aryl methyl sites for hydroxylation is 3. The third-order valence-electron chi connectivity index (χ3n) is 4.85. The van der Waals surface area contributed by atoms with Crippen molar-refractivity contribution in [1.29, 1.82) is 0 Å². The lowest BCUT2D eigenvalue weighted by Crippen LogP contribution is -2.49. The van der Waals surface area contributed by atoms with E-state index in [0.29, 0.717) is 18.1 Å². The summed E-state index contributed by atoms with van der Waals surface area (Å²) in [7, 11) is -3.41. The molecule has 1 N–H and O–H groups in total.